The minimum absolute atomic E-state index is 0.197. The molecule has 1 amide bonds. The van der Waals surface area contributed by atoms with E-state index in [1.165, 1.54) is 0 Å². The molecule has 1 saturated heterocycles. The van der Waals surface area contributed by atoms with E-state index in [1.807, 2.05) is 12.1 Å². The summed E-state index contributed by atoms with van der Waals surface area (Å²) in [6.07, 6.45) is -0.316. The zero-order chi connectivity index (χ0) is 13.7. The van der Waals surface area contributed by atoms with E-state index in [9.17, 15) is 4.79 Å². The van der Waals surface area contributed by atoms with Crippen LogP contribution in [0.3, 0.4) is 0 Å². The minimum atomic E-state index is -0.316. The molecule has 1 N–H and O–H groups in total. The summed E-state index contributed by atoms with van der Waals surface area (Å²) in [5, 5.41) is 8.76. The number of nitrogens with zero attached hydrogens (tertiary/aromatic N) is 1. The van der Waals surface area contributed by atoms with E-state index in [4.69, 9.17) is 14.6 Å². The van der Waals surface area contributed by atoms with E-state index in [2.05, 4.69) is 11.8 Å². The number of carbonyl (C=O) groups excluding carboxylic acids is 1. The third-order valence-electron chi connectivity index (χ3n) is 2.82. The first-order valence-corrected chi connectivity index (χ1v) is 5.93. The van der Waals surface area contributed by atoms with Gasteiger partial charge in [0, 0.05) is 5.56 Å². The average Bonchev–Trinajstić information content (AvgIpc) is 2.83. The normalized spacial score (nSPS) is 13.8. The molecule has 5 nitrogen and oxygen atoms in total. The number of ether oxygens (including phenoxy) is 2. The molecule has 0 bridgehead atoms. The van der Waals surface area contributed by atoms with Gasteiger partial charge >= 0.3 is 6.09 Å². The fourth-order valence-corrected chi connectivity index (χ4v) is 1.86. The van der Waals surface area contributed by atoms with Gasteiger partial charge in [0.25, 0.3) is 0 Å². The van der Waals surface area contributed by atoms with Crippen LogP contribution in [0.15, 0.2) is 18.2 Å². The lowest BCUT2D eigenvalue weighted by molar-refractivity contribution is 0.157. The molecule has 0 aromatic heterocycles. The van der Waals surface area contributed by atoms with E-state index < -0.39 is 0 Å². The molecule has 1 heterocycles. The third kappa shape index (κ3) is 3.18. The van der Waals surface area contributed by atoms with Crippen molar-refractivity contribution in [2.75, 3.05) is 26.9 Å². The number of amides is 1. The molecule has 0 atom stereocenters. The first kappa shape index (κ1) is 13.2. The summed E-state index contributed by atoms with van der Waals surface area (Å²) in [5.74, 6) is 6.18. The molecular weight excluding hydrogens is 246 g/mol. The van der Waals surface area contributed by atoms with Crippen LogP contribution in [0.25, 0.3) is 0 Å². The number of cyclic esters (lactones) is 1. The van der Waals surface area contributed by atoms with Crippen LogP contribution in [0.2, 0.25) is 0 Å². The molecule has 5 heteroatoms. The smallest absolute Gasteiger partial charge is 0.410 e. The summed E-state index contributed by atoms with van der Waals surface area (Å²) < 4.78 is 10.1. The maximum Gasteiger partial charge on any atom is 0.410 e. The third-order valence-corrected chi connectivity index (χ3v) is 2.82. The predicted molar refractivity (Wildman–Crippen MR) is 68.7 cm³/mol. The molecule has 1 aromatic rings. The van der Waals surface area contributed by atoms with Crippen molar-refractivity contribution in [1.82, 2.24) is 4.90 Å². The van der Waals surface area contributed by atoms with Crippen LogP contribution < -0.4 is 4.74 Å². The van der Waals surface area contributed by atoms with Gasteiger partial charge in [-0.1, -0.05) is 11.8 Å². The minimum Gasteiger partial charge on any atom is -0.497 e. The first-order valence-electron chi connectivity index (χ1n) is 5.93. The van der Waals surface area contributed by atoms with Gasteiger partial charge in [0.15, 0.2) is 0 Å². The summed E-state index contributed by atoms with van der Waals surface area (Å²) >= 11 is 0. The van der Waals surface area contributed by atoms with E-state index in [1.54, 1.807) is 18.1 Å². The van der Waals surface area contributed by atoms with Crippen LogP contribution >= 0.6 is 0 Å². The van der Waals surface area contributed by atoms with Crippen LogP contribution in [-0.4, -0.2) is 43.0 Å². The van der Waals surface area contributed by atoms with Crippen LogP contribution in [-0.2, 0) is 11.3 Å². The second kappa shape index (κ2) is 6.12. The Balaban J connectivity index is 2.26. The zero-order valence-corrected chi connectivity index (χ0v) is 10.7. The van der Waals surface area contributed by atoms with Gasteiger partial charge in [0.2, 0.25) is 0 Å². The second-order valence-electron chi connectivity index (χ2n) is 4.02. The maximum absolute atomic E-state index is 11.5. The fraction of sp³-hybridized carbons (Fsp3) is 0.357. The van der Waals surface area contributed by atoms with Crippen molar-refractivity contribution in [2.45, 2.75) is 6.54 Å². The maximum atomic E-state index is 11.5. The number of hydrogen-bond acceptors (Lipinski definition) is 4. The van der Waals surface area contributed by atoms with Crippen molar-refractivity contribution in [2.24, 2.45) is 0 Å². The Bertz CT molecular complexity index is 530. The van der Waals surface area contributed by atoms with E-state index in [0.717, 1.165) is 11.1 Å². The topological polar surface area (TPSA) is 59.0 Å². The summed E-state index contributed by atoms with van der Waals surface area (Å²) in [6, 6.07) is 5.46. The van der Waals surface area contributed by atoms with Gasteiger partial charge in [-0.15, -0.1) is 0 Å². The number of aliphatic hydroxyl groups excluding tert-OH is 1. The van der Waals surface area contributed by atoms with Crippen LogP contribution in [0.5, 0.6) is 5.75 Å². The molecule has 1 fully saturated rings. The number of hydrogen-bond donors (Lipinski definition) is 1. The highest BCUT2D eigenvalue weighted by atomic mass is 16.6. The second-order valence-corrected chi connectivity index (χ2v) is 4.02. The van der Waals surface area contributed by atoms with E-state index in [0.29, 0.717) is 25.4 Å². The van der Waals surface area contributed by atoms with Gasteiger partial charge < -0.3 is 19.5 Å². The number of rotatable bonds is 3. The molecule has 1 aliphatic rings. The largest absolute Gasteiger partial charge is 0.497 e. The zero-order valence-electron chi connectivity index (χ0n) is 10.7. The van der Waals surface area contributed by atoms with Crippen molar-refractivity contribution in [1.29, 1.82) is 0 Å². The van der Waals surface area contributed by atoms with E-state index >= 15 is 0 Å². The Morgan fingerprint density at radius 3 is 3.00 bits per heavy atom. The molecule has 0 saturated carbocycles. The Kier molecular flexibility index (Phi) is 4.26. The van der Waals surface area contributed by atoms with Crippen molar-refractivity contribution in [3.05, 3.63) is 29.3 Å². The molecule has 0 aliphatic carbocycles. The number of aliphatic hydroxyl groups is 1. The van der Waals surface area contributed by atoms with Gasteiger partial charge in [0.05, 0.1) is 20.2 Å². The average molecular weight is 261 g/mol. The molecule has 100 valence electrons. The molecule has 19 heavy (non-hydrogen) atoms. The Hall–Kier alpha value is -2.19. The van der Waals surface area contributed by atoms with Crippen LogP contribution in [0.1, 0.15) is 11.1 Å². The fourth-order valence-electron chi connectivity index (χ4n) is 1.86. The monoisotopic (exact) mass is 261 g/mol. The highest BCUT2D eigenvalue weighted by molar-refractivity contribution is 5.69. The van der Waals surface area contributed by atoms with Crippen LogP contribution in [0.4, 0.5) is 4.79 Å². The van der Waals surface area contributed by atoms with Gasteiger partial charge in [-0.2, -0.15) is 0 Å². The van der Waals surface area contributed by atoms with Gasteiger partial charge in [-0.3, -0.25) is 0 Å². The van der Waals surface area contributed by atoms with Gasteiger partial charge in [-0.25, -0.2) is 4.79 Å². The number of benzene rings is 1. The summed E-state index contributed by atoms with van der Waals surface area (Å²) in [5.41, 5.74) is 1.65. The summed E-state index contributed by atoms with van der Waals surface area (Å²) in [4.78, 5) is 13.1. The van der Waals surface area contributed by atoms with Gasteiger partial charge in [0.1, 0.15) is 19.0 Å². The lowest BCUT2D eigenvalue weighted by atomic mass is 10.1. The van der Waals surface area contributed by atoms with Gasteiger partial charge in [-0.05, 0) is 23.8 Å². The predicted octanol–water partition coefficient (Wildman–Crippen LogP) is 0.991. The number of methoxy groups -OCH3 is 1. The Morgan fingerprint density at radius 2 is 2.37 bits per heavy atom. The quantitative estimate of drug-likeness (QED) is 0.824. The Labute approximate surface area is 111 Å². The SMILES string of the molecule is COc1ccc(C#CCO)c(CN2CCOC2=O)c1. The highest BCUT2D eigenvalue weighted by Crippen LogP contribution is 2.20. The standard InChI is InChI=1S/C14H15NO4/c1-18-13-5-4-11(3-2-7-16)12(9-13)10-15-6-8-19-14(15)17/h4-5,9,16H,6-8,10H2,1H3. The molecule has 0 unspecified atom stereocenters. The van der Waals surface area contributed by atoms with Crippen molar-refractivity contribution >= 4 is 6.09 Å². The Morgan fingerprint density at radius 1 is 1.53 bits per heavy atom. The van der Waals surface area contributed by atoms with E-state index in [-0.39, 0.29) is 12.7 Å². The molecule has 0 spiro atoms. The molecule has 0 radical (unpaired) electrons. The van der Waals surface area contributed by atoms with Crippen molar-refractivity contribution < 1.29 is 19.4 Å². The highest BCUT2D eigenvalue weighted by Gasteiger charge is 2.22. The lowest BCUT2D eigenvalue weighted by Gasteiger charge is -2.14. The van der Waals surface area contributed by atoms with Crippen LogP contribution in [0, 0.1) is 11.8 Å². The lowest BCUT2D eigenvalue weighted by Crippen LogP contribution is -2.24. The molecule has 1 aliphatic heterocycles. The summed E-state index contributed by atoms with van der Waals surface area (Å²) in [7, 11) is 1.59. The molecule has 2 rings (SSSR count). The first-order chi connectivity index (χ1) is 9.24. The molecule has 1 aromatic carbocycles. The van der Waals surface area contributed by atoms with Crippen molar-refractivity contribution in [3.8, 4) is 17.6 Å². The van der Waals surface area contributed by atoms with Crippen molar-refractivity contribution in [3.63, 3.8) is 0 Å². The summed E-state index contributed by atoms with van der Waals surface area (Å²) in [6.45, 7) is 1.21. The number of carbonyl (C=O) groups is 1. The molecular formula is C14H15NO4.